The summed E-state index contributed by atoms with van der Waals surface area (Å²) in [5.41, 5.74) is 3.59. The molecule has 4 heterocycles. The Kier molecular flexibility index (Phi) is 6.11. The minimum Gasteiger partial charge on any atom is -0.292 e. The molecule has 0 spiro atoms. The number of rotatable bonds is 5. The average Bonchev–Trinajstić information content (AvgIpc) is 3.41. The molecule has 1 aliphatic heterocycles. The molecule has 0 N–H and O–H groups in total. The Bertz CT molecular complexity index is 1440. The lowest BCUT2D eigenvalue weighted by Crippen LogP contribution is -2.36. The Morgan fingerprint density at radius 3 is 2.66 bits per heavy atom. The highest BCUT2D eigenvalue weighted by atomic mass is 35.5. The molecule has 0 saturated carbocycles. The van der Waals surface area contributed by atoms with E-state index < -0.39 is 5.82 Å². The number of amides is 1. The van der Waals surface area contributed by atoms with Crippen molar-refractivity contribution in [3.63, 3.8) is 0 Å². The van der Waals surface area contributed by atoms with Crippen LogP contribution in [0.25, 0.3) is 22.6 Å². The predicted octanol–water partition coefficient (Wildman–Crippen LogP) is 6.08. The van der Waals surface area contributed by atoms with E-state index in [1.807, 2.05) is 35.3 Å². The van der Waals surface area contributed by atoms with Gasteiger partial charge in [0, 0.05) is 29.8 Å². The van der Waals surface area contributed by atoms with Gasteiger partial charge < -0.3 is 0 Å². The number of fused-ring (bicyclic) bond motifs is 1. The van der Waals surface area contributed by atoms with E-state index in [4.69, 9.17) is 28.3 Å². The lowest BCUT2D eigenvalue weighted by molar-refractivity contribution is -0.119. The van der Waals surface area contributed by atoms with Crippen molar-refractivity contribution in [2.24, 2.45) is 0 Å². The summed E-state index contributed by atoms with van der Waals surface area (Å²) in [7, 11) is 0. The number of hydrogen-bond donors (Lipinski definition) is 0. The first-order valence-corrected chi connectivity index (χ1v) is 12.0. The second kappa shape index (κ2) is 9.09. The molecule has 7 nitrogen and oxygen atoms in total. The molecule has 35 heavy (non-hydrogen) atoms. The molecule has 1 amide bonds. The van der Waals surface area contributed by atoms with Crippen molar-refractivity contribution >= 4 is 34.9 Å². The molecule has 0 saturated heterocycles. The van der Waals surface area contributed by atoms with Gasteiger partial charge in [-0.1, -0.05) is 35.3 Å². The molecule has 10 heteroatoms. The minimum absolute atomic E-state index is 0.0148. The second-order valence-corrected chi connectivity index (χ2v) is 9.63. The van der Waals surface area contributed by atoms with E-state index in [0.29, 0.717) is 52.3 Å². The second-order valence-electron chi connectivity index (χ2n) is 8.82. The summed E-state index contributed by atoms with van der Waals surface area (Å²) in [5, 5.41) is 9.95. The lowest BCUT2D eigenvalue weighted by Gasteiger charge is -2.27. The van der Waals surface area contributed by atoms with Gasteiger partial charge in [0.15, 0.2) is 0 Å². The molecule has 3 aromatic heterocycles. The SMILES string of the molecule is Cc1ccc(F)c(-c2ccc(CN3C(=O)CCn4nc(-c5c(Cl)cnn5C(C)C)cc43)cc2Cl)n1. The van der Waals surface area contributed by atoms with Gasteiger partial charge in [-0.2, -0.15) is 10.2 Å². The molecule has 0 bridgehead atoms. The molecule has 180 valence electrons. The summed E-state index contributed by atoms with van der Waals surface area (Å²) < 4.78 is 18.0. The molecule has 5 rings (SSSR count). The molecule has 0 radical (unpaired) electrons. The maximum atomic E-state index is 14.4. The van der Waals surface area contributed by atoms with Crippen molar-refractivity contribution < 1.29 is 9.18 Å². The van der Waals surface area contributed by atoms with Crippen LogP contribution >= 0.6 is 23.2 Å². The van der Waals surface area contributed by atoms with Crippen molar-refractivity contribution in [1.82, 2.24) is 24.5 Å². The summed E-state index contributed by atoms with van der Waals surface area (Å²) in [4.78, 5) is 18.9. The Balaban J connectivity index is 1.48. The quantitative estimate of drug-likeness (QED) is 0.324. The van der Waals surface area contributed by atoms with Gasteiger partial charge >= 0.3 is 0 Å². The van der Waals surface area contributed by atoms with Gasteiger partial charge in [-0.25, -0.2) is 14.1 Å². The third-order valence-electron chi connectivity index (χ3n) is 5.97. The van der Waals surface area contributed by atoms with E-state index in [-0.39, 0.29) is 17.6 Å². The number of anilines is 1. The number of carbonyl (C=O) groups excluding carboxylic acids is 1. The van der Waals surface area contributed by atoms with Crippen molar-refractivity contribution in [2.75, 3.05) is 4.90 Å². The number of aryl methyl sites for hydroxylation is 2. The van der Waals surface area contributed by atoms with Crippen molar-refractivity contribution in [1.29, 1.82) is 0 Å². The van der Waals surface area contributed by atoms with Gasteiger partial charge in [0.1, 0.15) is 28.7 Å². The normalized spacial score (nSPS) is 13.6. The predicted molar refractivity (Wildman–Crippen MR) is 134 cm³/mol. The summed E-state index contributed by atoms with van der Waals surface area (Å²) in [6.45, 7) is 6.61. The molecule has 0 unspecified atom stereocenters. The Morgan fingerprint density at radius 1 is 1.11 bits per heavy atom. The molecular formula is C25H23Cl2FN6O. The zero-order chi connectivity index (χ0) is 24.9. The molecule has 1 aromatic carbocycles. The van der Waals surface area contributed by atoms with Gasteiger partial charge in [0.25, 0.3) is 0 Å². The smallest absolute Gasteiger partial charge is 0.230 e. The fraction of sp³-hybridized carbons (Fsp3) is 0.280. The van der Waals surface area contributed by atoms with Crippen LogP contribution in [0.15, 0.2) is 42.6 Å². The topological polar surface area (TPSA) is 68.8 Å². The molecule has 0 fully saturated rings. The number of pyridine rings is 1. The van der Waals surface area contributed by atoms with Gasteiger partial charge in [-0.05, 0) is 44.5 Å². The Labute approximate surface area is 212 Å². The highest BCUT2D eigenvalue weighted by Crippen LogP contribution is 2.35. The van der Waals surface area contributed by atoms with Crippen molar-refractivity contribution in [2.45, 2.75) is 46.3 Å². The molecule has 4 aromatic rings. The summed E-state index contributed by atoms with van der Waals surface area (Å²) in [6, 6.07) is 10.3. The van der Waals surface area contributed by atoms with E-state index in [0.717, 1.165) is 11.3 Å². The number of aromatic nitrogens is 5. The van der Waals surface area contributed by atoms with Crippen LogP contribution in [0.4, 0.5) is 10.2 Å². The van der Waals surface area contributed by atoms with E-state index in [9.17, 15) is 9.18 Å². The summed E-state index contributed by atoms with van der Waals surface area (Å²) in [5.74, 6) is 0.224. The third-order valence-corrected chi connectivity index (χ3v) is 6.56. The number of carbonyl (C=O) groups is 1. The fourth-order valence-corrected chi connectivity index (χ4v) is 4.79. The molecule has 1 aliphatic rings. The maximum Gasteiger partial charge on any atom is 0.230 e. The highest BCUT2D eigenvalue weighted by molar-refractivity contribution is 6.33. The van der Waals surface area contributed by atoms with Gasteiger partial charge in [-0.3, -0.25) is 14.4 Å². The first-order valence-electron chi connectivity index (χ1n) is 11.3. The number of benzene rings is 1. The zero-order valence-corrected chi connectivity index (χ0v) is 21.0. The van der Waals surface area contributed by atoms with E-state index in [1.165, 1.54) is 6.07 Å². The Hall–Kier alpha value is -3.23. The monoisotopic (exact) mass is 512 g/mol. The van der Waals surface area contributed by atoms with Crippen LogP contribution in [0, 0.1) is 12.7 Å². The van der Waals surface area contributed by atoms with Gasteiger partial charge in [0.2, 0.25) is 5.91 Å². The van der Waals surface area contributed by atoms with Crippen LogP contribution in [-0.2, 0) is 17.9 Å². The molecule has 0 aliphatic carbocycles. The largest absolute Gasteiger partial charge is 0.292 e. The van der Waals surface area contributed by atoms with Crippen LogP contribution in [0.2, 0.25) is 10.0 Å². The first kappa shape index (κ1) is 23.5. The average molecular weight is 513 g/mol. The van der Waals surface area contributed by atoms with Crippen molar-refractivity contribution in [3.8, 4) is 22.6 Å². The van der Waals surface area contributed by atoms with Gasteiger partial charge in [-0.15, -0.1) is 0 Å². The number of halogens is 3. The Morgan fingerprint density at radius 2 is 1.91 bits per heavy atom. The van der Waals surface area contributed by atoms with Crippen molar-refractivity contribution in [3.05, 3.63) is 69.7 Å². The summed E-state index contributed by atoms with van der Waals surface area (Å²) >= 11 is 13.0. The standard InChI is InChI=1S/C25H23Cl2FN6O/c1-14(2)34-25(19(27)12-29-34)21-11-22-32(23(35)8-9-33(22)31-21)13-16-5-6-17(18(26)10-16)24-20(28)7-4-15(3)30-24/h4-7,10-12,14H,8-9,13H2,1-3H3. The fourth-order valence-electron chi connectivity index (χ4n) is 4.27. The lowest BCUT2D eigenvalue weighted by atomic mass is 10.1. The molecule has 0 atom stereocenters. The van der Waals surface area contributed by atoms with Crippen LogP contribution < -0.4 is 4.90 Å². The van der Waals surface area contributed by atoms with E-state index in [1.54, 1.807) is 36.2 Å². The number of nitrogens with zero attached hydrogens (tertiary/aromatic N) is 6. The third kappa shape index (κ3) is 4.32. The highest BCUT2D eigenvalue weighted by Gasteiger charge is 2.28. The minimum atomic E-state index is -0.438. The van der Waals surface area contributed by atoms with E-state index in [2.05, 4.69) is 10.1 Å². The molecular weight excluding hydrogens is 490 g/mol. The van der Waals surface area contributed by atoms with E-state index >= 15 is 0 Å². The zero-order valence-electron chi connectivity index (χ0n) is 19.5. The van der Waals surface area contributed by atoms with Gasteiger partial charge in [0.05, 0.1) is 29.3 Å². The van der Waals surface area contributed by atoms with Crippen LogP contribution in [-0.4, -0.2) is 30.5 Å². The van der Waals surface area contributed by atoms with Crippen LogP contribution in [0.5, 0.6) is 0 Å². The first-order chi connectivity index (χ1) is 16.7. The maximum absolute atomic E-state index is 14.4. The van der Waals surface area contributed by atoms with Crippen LogP contribution in [0.1, 0.15) is 37.6 Å². The number of hydrogen-bond acceptors (Lipinski definition) is 4. The van der Waals surface area contributed by atoms with Crippen LogP contribution in [0.3, 0.4) is 0 Å². The summed E-state index contributed by atoms with van der Waals surface area (Å²) in [6.07, 6.45) is 1.93.